The van der Waals surface area contributed by atoms with E-state index < -0.39 is 0 Å². The lowest BCUT2D eigenvalue weighted by Crippen LogP contribution is -2.31. The summed E-state index contributed by atoms with van der Waals surface area (Å²) in [4.78, 5) is 9.27. The van der Waals surface area contributed by atoms with Crippen LogP contribution in [0.25, 0.3) is 21.7 Å². The van der Waals surface area contributed by atoms with Gasteiger partial charge in [-0.15, -0.1) is 0 Å². The van der Waals surface area contributed by atoms with Crippen LogP contribution < -0.4 is 20.4 Å². The second-order valence-corrected chi connectivity index (χ2v) is 10.6. The molecule has 0 unspecified atom stereocenters. The highest BCUT2D eigenvalue weighted by Gasteiger charge is 2.22. The molecule has 1 aliphatic rings. The van der Waals surface area contributed by atoms with E-state index in [1.807, 2.05) is 0 Å². The van der Waals surface area contributed by atoms with Crippen molar-refractivity contribution in [2.75, 3.05) is 49.9 Å². The average Bonchev–Trinajstić information content (AvgIpc) is 2.89. The normalized spacial score (nSPS) is 17.9. The fourth-order valence-corrected chi connectivity index (χ4v) is 5.62. The Morgan fingerprint density at radius 3 is 2.14 bits per heavy atom. The van der Waals surface area contributed by atoms with Gasteiger partial charge in [-0.3, -0.25) is 0 Å². The standard InChI is InChI=1S/C31H39N5/c1-35(2)29-18-15-23(25-9-5-6-10-26(25)29)21-32-20-22-13-16-24(17-14-22)33-31-19-30(36(3)4)27-11-7-8-12-28(27)34-31/h5-12,15,18-19,22,24,32H,13-14,16-17,20-21H2,1-4H3,(H,33,34)/t22-,24+. The Morgan fingerprint density at radius 1 is 0.750 bits per heavy atom. The summed E-state index contributed by atoms with van der Waals surface area (Å²) >= 11 is 0. The molecule has 4 aromatic rings. The zero-order chi connectivity index (χ0) is 25.1. The van der Waals surface area contributed by atoms with Gasteiger partial charge >= 0.3 is 0 Å². The van der Waals surface area contributed by atoms with Crippen LogP contribution in [0.5, 0.6) is 0 Å². The topological polar surface area (TPSA) is 43.4 Å². The summed E-state index contributed by atoms with van der Waals surface area (Å²) in [5, 5.41) is 11.4. The van der Waals surface area contributed by atoms with Crippen LogP contribution >= 0.6 is 0 Å². The number of benzene rings is 3. The molecule has 1 fully saturated rings. The highest BCUT2D eigenvalue weighted by atomic mass is 15.1. The first-order chi connectivity index (χ1) is 17.5. The number of para-hydroxylation sites is 1. The largest absolute Gasteiger partial charge is 0.377 e. The molecule has 0 atom stereocenters. The molecule has 3 aromatic carbocycles. The molecule has 0 aliphatic heterocycles. The van der Waals surface area contributed by atoms with Gasteiger partial charge < -0.3 is 20.4 Å². The number of nitrogens with one attached hydrogen (secondary N) is 2. The first kappa shape index (κ1) is 24.4. The van der Waals surface area contributed by atoms with Gasteiger partial charge in [0.2, 0.25) is 0 Å². The Hall–Kier alpha value is -3.31. The minimum atomic E-state index is 0.493. The van der Waals surface area contributed by atoms with Crippen LogP contribution in [-0.4, -0.2) is 45.8 Å². The van der Waals surface area contributed by atoms with Crippen molar-refractivity contribution in [1.82, 2.24) is 10.3 Å². The lowest BCUT2D eigenvalue weighted by Gasteiger charge is -2.30. The molecule has 36 heavy (non-hydrogen) atoms. The fourth-order valence-electron chi connectivity index (χ4n) is 5.62. The van der Waals surface area contributed by atoms with Crippen molar-refractivity contribution in [3.63, 3.8) is 0 Å². The lowest BCUT2D eigenvalue weighted by atomic mass is 9.86. The molecule has 1 aromatic heterocycles. The summed E-state index contributed by atoms with van der Waals surface area (Å²) in [5.74, 6) is 1.73. The zero-order valence-corrected chi connectivity index (χ0v) is 22.1. The van der Waals surface area contributed by atoms with Crippen LogP contribution in [0.3, 0.4) is 0 Å². The minimum Gasteiger partial charge on any atom is -0.377 e. The van der Waals surface area contributed by atoms with E-state index in [1.54, 1.807) is 0 Å². The second kappa shape index (κ2) is 10.8. The van der Waals surface area contributed by atoms with Crippen molar-refractivity contribution in [3.8, 4) is 0 Å². The van der Waals surface area contributed by atoms with Crippen molar-refractivity contribution in [1.29, 1.82) is 0 Å². The Morgan fingerprint density at radius 2 is 1.42 bits per heavy atom. The summed E-state index contributed by atoms with van der Waals surface area (Å²) in [6.07, 6.45) is 4.88. The molecule has 2 N–H and O–H groups in total. The van der Waals surface area contributed by atoms with Crippen LogP contribution in [-0.2, 0) is 6.54 Å². The highest BCUT2D eigenvalue weighted by molar-refractivity contribution is 5.96. The van der Waals surface area contributed by atoms with Crippen molar-refractivity contribution in [2.45, 2.75) is 38.3 Å². The maximum absolute atomic E-state index is 4.90. The third kappa shape index (κ3) is 5.26. The molecule has 0 spiro atoms. The van der Waals surface area contributed by atoms with E-state index in [0.717, 1.165) is 30.3 Å². The van der Waals surface area contributed by atoms with Gasteiger partial charge in [-0.1, -0.05) is 48.5 Å². The van der Waals surface area contributed by atoms with E-state index in [0.29, 0.717) is 6.04 Å². The fraction of sp³-hybridized carbons (Fsp3) is 0.387. The SMILES string of the molecule is CN(C)c1cc(N[C@H]2CC[C@@H](CNCc3ccc(N(C)C)c4ccccc34)CC2)nc2ccccc12. The summed E-state index contributed by atoms with van der Waals surface area (Å²) < 4.78 is 0. The van der Waals surface area contributed by atoms with E-state index >= 15 is 0 Å². The van der Waals surface area contributed by atoms with Gasteiger partial charge in [0.1, 0.15) is 5.82 Å². The summed E-state index contributed by atoms with van der Waals surface area (Å²) in [6.45, 7) is 2.00. The molecule has 0 amide bonds. The molecule has 1 aliphatic carbocycles. The molecular weight excluding hydrogens is 442 g/mol. The van der Waals surface area contributed by atoms with E-state index in [4.69, 9.17) is 4.98 Å². The van der Waals surface area contributed by atoms with Crippen molar-refractivity contribution >= 4 is 38.9 Å². The third-order valence-electron chi connectivity index (χ3n) is 7.60. The number of anilines is 3. The predicted octanol–water partition coefficient (Wildman–Crippen LogP) is 6.28. The Labute approximate surface area is 215 Å². The van der Waals surface area contributed by atoms with Crippen LogP contribution in [0.15, 0.2) is 66.7 Å². The van der Waals surface area contributed by atoms with Gasteiger partial charge in [0, 0.05) is 69.0 Å². The quantitative estimate of drug-likeness (QED) is 0.310. The van der Waals surface area contributed by atoms with Crippen LogP contribution in [0, 0.1) is 5.92 Å². The number of hydrogen-bond donors (Lipinski definition) is 2. The monoisotopic (exact) mass is 481 g/mol. The van der Waals surface area contributed by atoms with Crippen LogP contribution in [0.2, 0.25) is 0 Å². The average molecular weight is 482 g/mol. The Kier molecular flexibility index (Phi) is 7.28. The number of fused-ring (bicyclic) bond motifs is 2. The summed E-state index contributed by atoms with van der Waals surface area (Å²) in [7, 11) is 8.43. The van der Waals surface area contributed by atoms with Gasteiger partial charge in [0.25, 0.3) is 0 Å². The molecule has 0 radical (unpaired) electrons. The maximum Gasteiger partial charge on any atom is 0.128 e. The number of pyridine rings is 1. The molecule has 5 rings (SSSR count). The maximum atomic E-state index is 4.90. The summed E-state index contributed by atoms with van der Waals surface area (Å²) in [5.41, 5.74) is 4.92. The molecule has 1 saturated carbocycles. The van der Waals surface area contributed by atoms with Crippen molar-refractivity contribution in [2.24, 2.45) is 5.92 Å². The van der Waals surface area contributed by atoms with E-state index in [2.05, 4.69) is 115 Å². The molecule has 5 heteroatoms. The smallest absolute Gasteiger partial charge is 0.128 e. The van der Waals surface area contributed by atoms with Gasteiger partial charge in [-0.05, 0) is 61.2 Å². The molecule has 0 saturated heterocycles. The van der Waals surface area contributed by atoms with E-state index in [1.165, 1.54) is 58.8 Å². The van der Waals surface area contributed by atoms with Gasteiger partial charge in [0.05, 0.1) is 5.52 Å². The molecular formula is C31H39N5. The van der Waals surface area contributed by atoms with Crippen LogP contribution in [0.1, 0.15) is 31.2 Å². The Balaban J connectivity index is 1.16. The van der Waals surface area contributed by atoms with E-state index in [-0.39, 0.29) is 0 Å². The number of aromatic nitrogens is 1. The molecule has 1 heterocycles. The second-order valence-electron chi connectivity index (χ2n) is 10.6. The van der Waals surface area contributed by atoms with Gasteiger partial charge in [-0.25, -0.2) is 4.98 Å². The van der Waals surface area contributed by atoms with Crippen LogP contribution in [0.4, 0.5) is 17.2 Å². The number of rotatable bonds is 8. The first-order valence-corrected chi connectivity index (χ1v) is 13.2. The Bertz CT molecular complexity index is 1320. The number of nitrogens with zero attached hydrogens (tertiary/aromatic N) is 3. The van der Waals surface area contributed by atoms with Crippen molar-refractivity contribution < 1.29 is 0 Å². The summed E-state index contributed by atoms with van der Waals surface area (Å²) in [6, 6.07) is 24.4. The molecule has 5 nitrogen and oxygen atoms in total. The predicted molar refractivity (Wildman–Crippen MR) is 155 cm³/mol. The first-order valence-electron chi connectivity index (χ1n) is 13.2. The van der Waals surface area contributed by atoms with Gasteiger partial charge in [0.15, 0.2) is 0 Å². The lowest BCUT2D eigenvalue weighted by molar-refractivity contribution is 0.324. The molecule has 0 bridgehead atoms. The highest BCUT2D eigenvalue weighted by Crippen LogP contribution is 2.31. The van der Waals surface area contributed by atoms with Crippen molar-refractivity contribution in [3.05, 3.63) is 72.3 Å². The zero-order valence-electron chi connectivity index (χ0n) is 22.1. The third-order valence-corrected chi connectivity index (χ3v) is 7.60. The van der Waals surface area contributed by atoms with Gasteiger partial charge in [-0.2, -0.15) is 0 Å². The van der Waals surface area contributed by atoms with E-state index in [9.17, 15) is 0 Å². The molecule has 188 valence electrons. The number of hydrogen-bond acceptors (Lipinski definition) is 5. The minimum absolute atomic E-state index is 0.493.